The first-order valence-corrected chi connectivity index (χ1v) is 4.73. The maximum atomic E-state index is 13.2. The van der Waals surface area contributed by atoms with Gasteiger partial charge in [0.2, 0.25) is 0 Å². The quantitative estimate of drug-likeness (QED) is 0.777. The topological polar surface area (TPSA) is 76.9 Å². The van der Waals surface area contributed by atoms with Crippen LogP contribution in [0.4, 0.5) is 4.39 Å². The summed E-state index contributed by atoms with van der Waals surface area (Å²) in [4.78, 5) is 13.2. The van der Waals surface area contributed by atoms with Crippen LogP contribution in [0.3, 0.4) is 0 Å². The number of nitrogens with zero attached hydrogens (tertiary/aromatic N) is 1. The smallest absolute Gasteiger partial charge is 0.328 e. The number of H-pyrrole nitrogens is 1. The van der Waals surface area contributed by atoms with Crippen molar-refractivity contribution in [3.05, 3.63) is 41.3 Å². The highest BCUT2D eigenvalue weighted by Crippen LogP contribution is 2.23. The molecule has 0 unspecified atom stereocenters. The van der Waals surface area contributed by atoms with E-state index in [-0.39, 0.29) is 5.56 Å². The van der Waals surface area contributed by atoms with Crippen molar-refractivity contribution in [2.45, 2.75) is 0 Å². The summed E-state index contributed by atoms with van der Waals surface area (Å²) in [5.41, 5.74) is 1.22. The summed E-state index contributed by atoms with van der Waals surface area (Å²) in [6, 6.07) is 4.26. The fourth-order valence-corrected chi connectivity index (χ4v) is 1.60. The van der Waals surface area contributed by atoms with Crippen LogP contribution >= 0.6 is 0 Å². The first-order valence-electron chi connectivity index (χ1n) is 4.73. The lowest BCUT2D eigenvalue weighted by Crippen LogP contribution is -1.85. The Morgan fingerprint density at radius 2 is 2.29 bits per heavy atom. The maximum absolute atomic E-state index is 13.2. The number of benzene rings is 1. The zero-order valence-corrected chi connectivity index (χ0v) is 8.57. The molecule has 0 fully saturated rings. The SMILES string of the molecule is N#Cc1cc(F)cc2c(/C=C/C(=O)O)c[nH]c12. The summed E-state index contributed by atoms with van der Waals surface area (Å²) in [5.74, 6) is -1.62. The lowest BCUT2D eigenvalue weighted by Gasteiger charge is -1.95. The molecule has 0 spiro atoms. The van der Waals surface area contributed by atoms with Crippen LogP contribution in [-0.2, 0) is 4.79 Å². The van der Waals surface area contributed by atoms with Gasteiger partial charge in [-0.15, -0.1) is 0 Å². The van der Waals surface area contributed by atoms with Gasteiger partial charge in [-0.2, -0.15) is 5.26 Å². The zero-order valence-electron chi connectivity index (χ0n) is 8.57. The highest BCUT2D eigenvalue weighted by Gasteiger charge is 2.08. The van der Waals surface area contributed by atoms with E-state index in [0.29, 0.717) is 16.5 Å². The van der Waals surface area contributed by atoms with Crippen molar-refractivity contribution in [2.75, 3.05) is 0 Å². The number of halogens is 1. The zero-order chi connectivity index (χ0) is 12.4. The molecule has 5 heteroatoms. The average molecular weight is 230 g/mol. The molecule has 0 radical (unpaired) electrons. The number of aromatic nitrogens is 1. The molecule has 0 saturated carbocycles. The predicted octanol–water partition coefficient (Wildman–Crippen LogP) is 2.28. The number of rotatable bonds is 2. The van der Waals surface area contributed by atoms with Gasteiger partial charge in [0.05, 0.1) is 11.1 Å². The fourth-order valence-electron chi connectivity index (χ4n) is 1.60. The summed E-state index contributed by atoms with van der Waals surface area (Å²) in [7, 11) is 0. The normalized spacial score (nSPS) is 10.8. The third kappa shape index (κ3) is 2.01. The second kappa shape index (κ2) is 4.10. The molecular formula is C12H7FN2O2. The van der Waals surface area contributed by atoms with Gasteiger partial charge in [-0.05, 0) is 18.2 Å². The molecule has 1 aromatic carbocycles. The van der Waals surface area contributed by atoms with E-state index in [9.17, 15) is 9.18 Å². The summed E-state index contributed by atoms with van der Waals surface area (Å²) < 4.78 is 13.2. The first kappa shape index (κ1) is 10.9. The largest absolute Gasteiger partial charge is 0.478 e. The van der Waals surface area contributed by atoms with E-state index in [1.54, 1.807) is 0 Å². The van der Waals surface area contributed by atoms with Gasteiger partial charge in [0.15, 0.2) is 0 Å². The summed E-state index contributed by atoms with van der Waals surface area (Å²) in [6.07, 6.45) is 3.84. The van der Waals surface area contributed by atoms with E-state index in [0.717, 1.165) is 12.1 Å². The highest BCUT2D eigenvalue weighted by molar-refractivity contribution is 5.95. The number of aromatic amines is 1. The molecule has 0 atom stereocenters. The van der Waals surface area contributed by atoms with Crippen molar-refractivity contribution >= 4 is 22.9 Å². The molecule has 0 aliphatic carbocycles. The van der Waals surface area contributed by atoms with E-state index in [2.05, 4.69) is 4.98 Å². The Bertz CT molecular complexity index is 665. The minimum Gasteiger partial charge on any atom is -0.478 e. The third-order valence-electron chi connectivity index (χ3n) is 2.31. The molecular weight excluding hydrogens is 223 g/mol. The van der Waals surface area contributed by atoms with Gasteiger partial charge in [0.25, 0.3) is 0 Å². The molecule has 4 nitrogen and oxygen atoms in total. The molecule has 2 aromatic rings. The Balaban J connectivity index is 2.65. The second-order valence-corrected chi connectivity index (χ2v) is 3.40. The molecule has 0 amide bonds. The van der Waals surface area contributed by atoms with Gasteiger partial charge in [0, 0.05) is 23.2 Å². The van der Waals surface area contributed by atoms with Crippen molar-refractivity contribution in [1.29, 1.82) is 5.26 Å². The van der Waals surface area contributed by atoms with Crippen molar-refractivity contribution in [2.24, 2.45) is 0 Å². The van der Waals surface area contributed by atoms with Gasteiger partial charge in [-0.3, -0.25) is 0 Å². The number of carbonyl (C=O) groups is 1. The minimum atomic E-state index is -1.09. The van der Waals surface area contributed by atoms with Crippen molar-refractivity contribution in [3.63, 3.8) is 0 Å². The number of hydrogen-bond acceptors (Lipinski definition) is 2. The Labute approximate surface area is 95.6 Å². The van der Waals surface area contributed by atoms with Gasteiger partial charge in [-0.25, -0.2) is 9.18 Å². The first-order chi connectivity index (χ1) is 8.11. The molecule has 0 aliphatic heterocycles. The van der Waals surface area contributed by atoms with Gasteiger partial charge >= 0.3 is 5.97 Å². The molecule has 1 heterocycles. The maximum Gasteiger partial charge on any atom is 0.328 e. The van der Waals surface area contributed by atoms with Gasteiger partial charge in [-0.1, -0.05) is 0 Å². The number of carboxylic acid groups (broad SMARTS) is 1. The lowest BCUT2D eigenvalue weighted by atomic mass is 10.1. The number of nitriles is 1. The molecule has 0 bridgehead atoms. The second-order valence-electron chi connectivity index (χ2n) is 3.40. The Morgan fingerprint density at radius 1 is 1.53 bits per heavy atom. The Morgan fingerprint density at radius 3 is 2.94 bits per heavy atom. The molecule has 2 N–H and O–H groups in total. The van der Waals surface area contributed by atoms with Gasteiger partial charge < -0.3 is 10.1 Å². The van der Waals surface area contributed by atoms with Crippen LogP contribution in [0.2, 0.25) is 0 Å². The van der Waals surface area contributed by atoms with Crippen LogP contribution in [-0.4, -0.2) is 16.1 Å². The standard InChI is InChI=1S/C12H7FN2O2/c13-9-3-8(5-14)12-10(4-9)7(6-15-12)1-2-11(16)17/h1-4,6,15H,(H,16,17)/b2-1+. The van der Waals surface area contributed by atoms with E-state index in [1.165, 1.54) is 18.3 Å². The summed E-state index contributed by atoms with van der Waals surface area (Å²) in [6.45, 7) is 0. The predicted molar refractivity (Wildman–Crippen MR) is 59.6 cm³/mol. The van der Waals surface area contributed by atoms with Gasteiger partial charge in [0.1, 0.15) is 11.9 Å². The van der Waals surface area contributed by atoms with E-state index in [4.69, 9.17) is 10.4 Å². The van der Waals surface area contributed by atoms with E-state index < -0.39 is 11.8 Å². The van der Waals surface area contributed by atoms with Crippen LogP contribution in [0.1, 0.15) is 11.1 Å². The van der Waals surface area contributed by atoms with Crippen LogP contribution in [0.5, 0.6) is 0 Å². The van der Waals surface area contributed by atoms with Crippen molar-refractivity contribution in [3.8, 4) is 6.07 Å². The Hall–Kier alpha value is -2.61. The monoisotopic (exact) mass is 230 g/mol. The summed E-state index contributed by atoms with van der Waals surface area (Å²) >= 11 is 0. The number of fused-ring (bicyclic) bond motifs is 1. The number of carboxylic acids is 1. The number of hydrogen-bond donors (Lipinski definition) is 2. The molecule has 2 rings (SSSR count). The molecule has 1 aromatic heterocycles. The van der Waals surface area contributed by atoms with Crippen LogP contribution in [0.25, 0.3) is 17.0 Å². The molecule has 0 aliphatic rings. The van der Waals surface area contributed by atoms with Crippen molar-refractivity contribution in [1.82, 2.24) is 4.98 Å². The minimum absolute atomic E-state index is 0.190. The number of nitrogens with one attached hydrogen (secondary N) is 1. The number of aliphatic carboxylic acids is 1. The lowest BCUT2D eigenvalue weighted by molar-refractivity contribution is -0.131. The molecule has 0 saturated heterocycles. The molecule has 17 heavy (non-hydrogen) atoms. The van der Waals surface area contributed by atoms with Crippen LogP contribution < -0.4 is 0 Å². The van der Waals surface area contributed by atoms with Crippen molar-refractivity contribution < 1.29 is 14.3 Å². The molecule has 84 valence electrons. The third-order valence-corrected chi connectivity index (χ3v) is 2.31. The fraction of sp³-hybridized carbons (Fsp3) is 0. The van der Waals surface area contributed by atoms with E-state index in [1.807, 2.05) is 6.07 Å². The summed E-state index contributed by atoms with van der Waals surface area (Å²) in [5, 5.41) is 17.8. The van der Waals surface area contributed by atoms with Crippen LogP contribution in [0, 0.1) is 17.1 Å². The Kier molecular flexibility index (Phi) is 2.63. The highest BCUT2D eigenvalue weighted by atomic mass is 19.1. The van der Waals surface area contributed by atoms with Crippen LogP contribution in [0.15, 0.2) is 24.4 Å². The average Bonchev–Trinajstić information content (AvgIpc) is 2.68. The van der Waals surface area contributed by atoms with E-state index >= 15 is 0 Å².